The van der Waals surface area contributed by atoms with Crippen molar-refractivity contribution in [2.45, 2.75) is 0 Å². The zero-order valence-corrected chi connectivity index (χ0v) is 28.6. The molecule has 52 heavy (non-hydrogen) atoms. The largest absolute Gasteiger partial charge is 0.456 e. The molecule has 3 heterocycles. The van der Waals surface area contributed by atoms with Crippen LogP contribution < -0.4 is 0 Å². The first-order chi connectivity index (χ1) is 25.7. The molecule has 0 aliphatic heterocycles. The summed E-state index contributed by atoms with van der Waals surface area (Å²) >= 11 is 1.85. The topological polar surface area (TPSA) is 51.8 Å². The SMILES string of the molecule is c1ccc2c(-c3nc(-c4cc(-c5cccc6c5sc5ccccc56)c5ccccc5c4)nc(-c4ccc5c(c4)oc4ccccc45)n3)cccc2c1. The maximum Gasteiger partial charge on any atom is 0.164 e. The van der Waals surface area contributed by atoms with Crippen molar-refractivity contribution in [3.05, 3.63) is 164 Å². The van der Waals surface area contributed by atoms with E-state index in [1.54, 1.807) is 0 Å². The molecule has 0 saturated heterocycles. The van der Waals surface area contributed by atoms with Gasteiger partial charge in [-0.15, -0.1) is 11.3 Å². The van der Waals surface area contributed by atoms with Crippen LogP contribution in [-0.2, 0) is 0 Å². The first kappa shape index (κ1) is 29.1. The van der Waals surface area contributed by atoms with Crippen molar-refractivity contribution in [3.63, 3.8) is 0 Å². The molecule has 3 aromatic heterocycles. The molecule has 0 unspecified atom stereocenters. The van der Waals surface area contributed by atoms with Crippen molar-refractivity contribution in [3.8, 4) is 45.3 Å². The highest BCUT2D eigenvalue weighted by molar-refractivity contribution is 7.26. The van der Waals surface area contributed by atoms with Gasteiger partial charge < -0.3 is 4.42 Å². The summed E-state index contributed by atoms with van der Waals surface area (Å²) in [6.07, 6.45) is 0. The Morgan fingerprint density at radius 1 is 0.365 bits per heavy atom. The summed E-state index contributed by atoms with van der Waals surface area (Å²) in [5.74, 6) is 1.84. The van der Waals surface area contributed by atoms with Gasteiger partial charge in [-0.05, 0) is 63.5 Å². The van der Waals surface area contributed by atoms with Crippen molar-refractivity contribution in [1.29, 1.82) is 0 Å². The molecule has 11 aromatic rings. The second-order valence-corrected chi connectivity index (χ2v) is 14.2. The van der Waals surface area contributed by atoms with Crippen LogP contribution in [0.2, 0.25) is 0 Å². The molecule has 0 radical (unpaired) electrons. The van der Waals surface area contributed by atoms with Crippen molar-refractivity contribution in [1.82, 2.24) is 15.0 Å². The van der Waals surface area contributed by atoms with Gasteiger partial charge in [0.2, 0.25) is 0 Å². The quantitative estimate of drug-likeness (QED) is 0.185. The average Bonchev–Trinajstić information content (AvgIpc) is 3.78. The average molecular weight is 682 g/mol. The normalized spacial score (nSPS) is 11.8. The maximum atomic E-state index is 6.30. The molecule has 242 valence electrons. The molecular formula is C47H27N3OS. The van der Waals surface area contributed by atoms with Crippen LogP contribution in [0, 0.1) is 0 Å². The Kier molecular flexibility index (Phi) is 6.39. The Bertz CT molecular complexity index is 3210. The number of hydrogen-bond donors (Lipinski definition) is 0. The molecule has 0 saturated carbocycles. The van der Waals surface area contributed by atoms with E-state index in [9.17, 15) is 0 Å². The summed E-state index contributed by atoms with van der Waals surface area (Å²) in [7, 11) is 0. The van der Waals surface area contributed by atoms with E-state index in [-0.39, 0.29) is 0 Å². The van der Waals surface area contributed by atoms with Gasteiger partial charge in [-0.2, -0.15) is 0 Å². The molecule has 4 nitrogen and oxygen atoms in total. The van der Waals surface area contributed by atoms with Gasteiger partial charge in [0, 0.05) is 53.2 Å². The van der Waals surface area contributed by atoms with Crippen LogP contribution in [0.4, 0.5) is 0 Å². The number of aromatic nitrogens is 3. The number of furan rings is 1. The summed E-state index contributed by atoms with van der Waals surface area (Å²) < 4.78 is 8.86. The standard InChI is InChI=1S/C47H27N3OS/c1-3-14-32-28(11-1)13-9-20-39(32)47-49-45(30-23-24-35-34-16-5-7-21-41(34)51-42(35)27-30)48-46(50-47)31-25-29-12-2-4-15-33(29)40(26-31)38-19-10-18-37-36-17-6-8-22-43(36)52-44(37)38/h1-27H. The number of hydrogen-bond acceptors (Lipinski definition) is 5. The van der Waals surface area contributed by atoms with E-state index >= 15 is 0 Å². The Balaban J connectivity index is 1.17. The van der Waals surface area contributed by atoms with Gasteiger partial charge in [-0.3, -0.25) is 0 Å². The molecule has 0 atom stereocenters. The zero-order chi connectivity index (χ0) is 34.2. The smallest absolute Gasteiger partial charge is 0.164 e. The first-order valence-electron chi connectivity index (χ1n) is 17.3. The minimum Gasteiger partial charge on any atom is -0.456 e. The van der Waals surface area contributed by atoms with E-state index in [0.29, 0.717) is 17.5 Å². The lowest BCUT2D eigenvalue weighted by atomic mass is 9.94. The van der Waals surface area contributed by atoms with Crippen molar-refractivity contribution in [2.24, 2.45) is 0 Å². The highest BCUT2D eigenvalue weighted by atomic mass is 32.1. The van der Waals surface area contributed by atoms with Crippen LogP contribution >= 0.6 is 11.3 Å². The maximum absolute atomic E-state index is 6.30. The van der Waals surface area contributed by atoms with Crippen LogP contribution in [-0.4, -0.2) is 15.0 Å². The molecular weight excluding hydrogens is 655 g/mol. The molecule has 0 amide bonds. The van der Waals surface area contributed by atoms with Gasteiger partial charge in [0.05, 0.1) is 0 Å². The first-order valence-corrected chi connectivity index (χ1v) is 18.2. The number of benzene rings is 8. The van der Waals surface area contributed by atoms with Crippen molar-refractivity contribution < 1.29 is 4.42 Å². The van der Waals surface area contributed by atoms with Gasteiger partial charge in [0.25, 0.3) is 0 Å². The monoisotopic (exact) mass is 681 g/mol. The Morgan fingerprint density at radius 3 is 1.87 bits per heavy atom. The summed E-state index contributed by atoms with van der Waals surface area (Å²) in [5, 5.41) is 9.27. The predicted molar refractivity (Wildman–Crippen MR) is 217 cm³/mol. The molecule has 0 fully saturated rings. The van der Waals surface area contributed by atoms with Crippen LogP contribution in [0.5, 0.6) is 0 Å². The second-order valence-electron chi connectivity index (χ2n) is 13.2. The summed E-state index contributed by atoms with van der Waals surface area (Å²) in [6.45, 7) is 0. The van der Waals surface area contributed by atoms with E-state index in [1.807, 2.05) is 29.5 Å². The molecule has 0 N–H and O–H groups in total. The molecule has 0 aliphatic rings. The van der Waals surface area contributed by atoms with E-state index in [2.05, 4.69) is 146 Å². The van der Waals surface area contributed by atoms with Gasteiger partial charge in [-0.25, -0.2) is 15.0 Å². The minimum absolute atomic E-state index is 0.594. The lowest BCUT2D eigenvalue weighted by Crippen LogP contribution is -2.01. The van der Waals surface area contributed by atoms with E-state index in [1.165, 1.54) is 31.1 Å². The molecule has 11 rings (SSSR count). The second kappa shape index (κ2) is 11.4. The van der Waals surface area contributed by atoms with E-state index in [4.69, 9.17) is 19.4 Å². The predicted octanol–water partition coefficient (Wildman–Crippen LogP) is 13.1. The number of para-hydroxylation sites is 1. The van der Waals surface area contributed by atoms with Gasteiger partial charge in [0.1, 0.15) is 11.2 Å². The van der Waals surface area contributed by atoms with Crippen molar-refractivity contribution >= 4 is 75.0 Å². The molecule has 5 heteroatoms. The fourth-order valence-corrected chi connectivity index (χ4v) is 8.89. The molecule has 0 bridgehead atoms. The summed E-state index contributed by atoms with van der Waals surface area (Å²) in [5.41, 5.74) is 6.79. The van der Waals surface area contributed by atoms with Crippen LogP contribution in [0.3, 0.4) is 0 Å². The zero-order valence-electron chi connectivity index (χ0n) is 27.7. The third-order valence-electron chi connectivity index (χ3n) is 10.1. The minimum atomic E-state index is 0.594. The fourth-order valence-electron chi connectivity index (χ4n) is 7.66. The van der Waals surface area contributed by atoms with Crippen molar-refractivity contribution in [2.75, 3.05) is 0 Å². The molecule has 0 aliphatic carbocycles. The van der Waals surface area contributed by atoms with Gasteiger partial charge >= 0.3 is 0 Å². The number of thiophene rings is 1. The summed E-state index contributed by atoms with van der Waals surface area (Å²) in [6, 6.07) is 57.4. The molecule has 0 spiro atoms. The van der Waals surface area contributed by atoms with Crippen LogP contribution in [0.15, 0.2) is 168 Å². The number of nitrogens with zero attached hydrogens (tertiary/aromatic N) is 3. The van der Waals surface area contributed by atoms with E-state index in [0.717, 1.165) is 60.4 Å². The molecule has 8 aromatic carbocycles. The van der Waals surface area contributed by atoms with Gasteiger partial charge in [-0.1, -0.05) is 127 Å². The Morgan fingerprint density at radius 2 is 0.981 bits per heavy atom. The fraction of sp³-hybridized carbons (Fsp3) is 0. The lowest BCUT2D eigenvalue weighted by Gasteiger charge is -2.13. The summed E-state index contributed by atoms with van der Waals surface area (Å²) in [4.78, 5) is 15.6. The van der Waals surface area contributed by atoms with Gasteiger partial charge in [0.15, 0.2) is 17.5 Å². The lowest BCUT2D eigenvalue weighted by molar-refractivity contribution is 0.669. The Labute approximate surface area is 302 Å². The number of fused-ring (bicyclic) bond motifs is 8. The van der Waals surface area contributed by atoms with Crippen LogP contribution in [0.1, 0.15) is 0 Å². The Hall–Kier alpha value is -6.69. The highest BCUT2D eigenvalue weighted by Gasteiger charge is 2.19. The van der Waals surface area contributed by atoms with Crippen LogP contribution in [0.25, 0.3) is 109 Å². The number of rotatable bonds is 4. The van der Waals surface area contributed by atoms with E-state index < -0.39 is 0 Å². The third-order valence-corrected chi connectivity index (χ3v) is 11.3. The third kappa shape index (κ3) is 4.57. The highest BCUT2D eigenvalue weighted by Crippen LogP contribution is 2.43.